The van der Waals surface area contributed by atoms with Crippen LogP contribution in [0.1, 0.15) is 137 Å². The molecular formula is C79H94ClF3N10O12S4. The number of carbonyl (C=O) groups is 4. The number of aliphatic hydroxyl groups excluding tert-OH is 1. The van der Waals surface area contributed by atoms with E-state index in [2.05, 4.69) is 61.5 Å². The van der Waals surface area contributed by atoms with E-state index >= 15 is 0 Å². The molecule has 3 fully saturated rings. The Hall–Kier alpha value is -8.03. The van der Waals surface area contributed by atoms with Crippen LogP contribution in [-0.2, 0) is 34.2 Å². The molecule has 109 heavy (non-hydrogen) atoms. The van der Waals surface area contributed by atoms with E-state index in [1.807, 2.05) is 92.2 Å². The van der Waals surface area contributed by atoms with Crippen molar-refractivity contribution in [2.24, 2.45) is 11.3 Å². The lowest BCUT2D eigenvalue weighted by molar-refractivity contribution is -0.137. The molecule has 12 rings (SSSR count). The lowest BCUT2D eigenvalue weighted by atomic mass is 9.72. The number of β-amino-alcohol motifs (C(OH)–C–C–N with tert-alkyl or cyclic N) is 1. The number of fused-ring (bicyclic) bond motifs is 3. The quantitative estimate of drug-likeness (QED) is 0.0251. The van der Waals surface area contributed by atoms with Crippen molar-refractivity contribution in [1.29, 1.82) is 0 Å². The van der Waals surface area contributed by atoms with Crippen molar-refractivity contribution in [2.75, 3.05) is 94.6 Å². The first-order valence-corrected chi connectivity index (χ1v) is 42.3. The fourth-order valence-corrected chi connectivity index (χ4v) is 19.0. The molecule has 4 aliphatic heterocycles. The highest BCUT2D eigenvalue weighted by atomic mass is 35.5. The molecule has 0 unspecified atom stereocenters. The Morgan fingerprint density at radius 3 is 2.30 bits per heavy atom. The van der Waals surface area contributed by atoms with E-state index in [0.29, 0.717) is 94.8 Å². The van der Waals surface area contributed by atoms with Crippen LogP contribution < -0.4 is 29.7 Å². The van der Waals surface area contributed by atoms with Crippen molar-refractivity contribution in [3.05, 3.63) is 166 Å². The van der Waals surface area contributed by atoms with Crippen LogP contribution in [0.15, 0.2) is 152 Å². The van der Waals surface area contributed by atoms with E-state index in [0.717, 1.165) is 83.3 Å². The average Bonchev–Trinajstić information content (AvgIpc) is 1.66. The van der Waals surface area contributed by atoms with Crippen LogP contribution in [0.25, 0.3) is 16.0 Å². The number of aromatic nitrogens is 2. The van der Waals surface area contributed by atoms with Gasteiger partial charge in [-0.3, -0.25) is 29.0 Å². The number of anilines is 2. The van der Waals surface area contributed by atoms with Crippen molar-refractivity contribution in [2.45, 2.75) is 156 Å². The van der Waals surface area contributed by atoms with Gasteiger partial charge in [-0.1, -0.05) is 99.5 Å². The third-order valence-electron chi connectivity index (χ3n) is 21.2. The number of hydrogen-bond donors (Lipinski definition) is 4. The average molecular weight is 1600 g/mol. The topological polar surface area (TPSA) is 266 Å². The number of aliphatic hydroxyl groups is 1. The molecule has 4 N–H and O–H groups in total. The number of sulfonamides is 1. The second-order valence-electron chi connectivity index (χ2n) is 30.0. The molecule has 5 aliphatic rings. The second-order valence-corrected chi connectivity index (χ2v) is 36.0. The molecule has 1 aliphatic carbocycles. The van der Waals surface area contributed by atoms with E-state index in [1.54, 1.807) is 40.8 Å². The highest BCUT2D eigenvalue weighted by Crippen LogP contribution is 2.45. The summed E-state index contributed by atoms with van der Waals surface area (Å²) in [5.74, 6) is -2.19. The van der Waals surface area contributed by atoms with Gasteiger partial charge < -0.3 is 44.4 Å². The number of rotatable bonds is 29. The number of unbranched alkanes of at least 4 members (excludes halogenated alkanes) is 2. The summed E-state index contributed by atoms with van der Waals surface area (Å²) >= 11 is 9.20. The summed E-state index contributed by atoms with van der Waals surface area (Å²) in [5, 5.41) is 21.6. The number of nitrogens with zero attached hydrogens (tertiary/aromatic N) is 7. The number of thiazole rings is 1. The van der Waals surface area contributed by atoms with Crippen LogP contribution in [0.3, 0.4) is 0 Å². The Labute approximate surface area is 648 Å². The number of allylic oxidation sites excluding steroid dienone is 1. The zero-order chi connectivity index (χ0) is 77.5. The van der Waals surface area contributed by atoms with Crippen LogP contribution in [0.4, 0.5) is 24.5 Å². The molecule has 5 aromatic carbocycles. The predicted octanol–water partition coefficient (Wildman–Crippen LogP) is 13.0. The minimum atomic E-state index is -6.20. The van der Waals surface area contributed by atoms with E-state index in [1.165, 1.54) is 45.5 Å². The number of benzene rings is 5. The number of aryl methyl sites for hydroxylation is 1. The number of alkyl halides is 3. The smallest absolute Gasteiger partial charge is 0.489 e. The van der Waals surface area contributed by atoms with Gasteiger partial charge in [-0.15, -0.1) is 23.1 Å². The summed E-state index contributed by atoms with van der Waals surface area (Å²) < 4.78 is 119. The molecule has 6 atom stereocenters. The largest absolute Gasteiger partial charge is 0.501 e. The predicted molar refractivity (Wildman–Crippen MR) is 415 cm³/mol. The normalized spacial score (nSPS) is 19.4. The Morgan fingerprint density at radius 2 is 1.59 bits per heavy atom. The fraction of sp³-hybridized carbons (Fsp3) is 0.468. The Bertz CT molecular complexity index is 4660. The zero-order valence-electron chi connectivity index (χ0n) is 61.9. The van der Waals surface area contributed by atoms with Gasteiger partial charge in [-0.25, -0.2) is 26.5 Å². The Balaban J connectivity index is 0.607. The molecule has 6 heterocycles. The maximum atomic E-state index is 14.7. The van der Waals surface area contributed by atoms with Crippen molar-refractivity contribution in [1.82, 2.24) is 39.8 Å². The van der Waals surface area contributed by atoms with Crippen molar-refractivity contribution in [3.63, 3.8) is 0 Å². The summed E-state index contributed by atoms with van der Waals surface area (Å²) in [4.78, 5) is 69.4. The molecule has 0 radical (unpaired) electrons. The first kappa shape index (κ1) is 80.5. The summed E-state index contributed by atoms with van der Waals surface area (Å²) in [6, 6.07) is 32.9. The van der Waals surface area contributed by atoms with E-state index < -0.39 is 76.9 Å². The number of carbonyl (C=O) groups excluding carboxylic acids is 4. The lowest BCUT2D eigenvalue weighted by Gasteiger charge is -2.46. The highest BCUT2D eigenvalue weighted by molar-refractivity contribution is 7.99. The van der Waals surface area contributed by atoms with Gasteiger partial charge in [-0.2, -0.15) is 13.2 Å². The number of amides is 4. The molecule has 30 heteroatoms. The number of hydrogen-bond acceptors (Lipinski definition) is 20. The summed E-state index contributed by atoms with van der Waals surface area (Å²) in [6.07, 6.45) is 4.08. The van der Waals surface area contributed by atoms with Gasteiger partial charge in [0, 0.05) is 112 Å². The monoisotopic (exact) mass is 1590 g/mol. The molecule has 3 saturated heterocycles. The van der Waals surface area contributed by atoms with Crippen molar-refractivity contribution in [3.8, 4) is 22.1 Å². The van der Waals surface area contributed by atoms with Gasteiger partial charge in [0.1, 0.15) is 29.3 Å². The molecule has 0 bridgehead atoms. The number of sulfone groups is 1. The van der Waals surface area contributed by atoms with Gasteiger partial charge in [-0.05, 0) is 158 Å². The third-order valence-corrected chi connectivity index (χ3v) is 26.4. The zero-order valence-corrected chi connectivity index (χ0v) is 66.0. The number of ether oxygens (including phenoxy) is 2. The number of thioether (sulfide) groups is 1. The minimum absolute atomic E-state index is 0.0104. The van der Waals surface area contributed by atoms with Crippen LogP contribution in [0, 0.1) is 18.3 Å². The Morgan fingerprint density at radius 1 is 0.853 bits per heavy atom. The summed E-state index contributed by atoms with van der Waals surface area (Å²) in [6.45, 7) is 17.9. The second kappa shape index (κ2) is 34.7. The number of nitrogens with one attached hydrogen (secondary N) is 3. The molecule has 0 saturated carbocycles. The summed E-state index contributed by atoms with van der Waals surface area (Å²) in [7, 11) is -11.2. The first-order chi connectivity index (χ1) is 52.0. The molecule has 22 nitrogen and oxygen atoms in total. The molecule has 0 spiro atoms. The van der Waals surface area contributed by atoms with E-state index in [9.17, 15) is 54.3 Å². The summed E-state index contributed by atoms with van der Waals surface area (Å²) in [5.41, 5.74) is 2.97. The van der Waals surface area contributed by atoms with Crippen LogP contribution >= 0.6 is 34.7 Å². The standard InChI is InChI=1S/C79H94ClF3N10O12S4/c1-50(2)73(77(98)93-46-61(94)40-70(93)86-75(96)51(3)53-16-18-55(19-17-53)74-52(4)84-49-107-74)68-42-71(87-105-68)103-38-12-8-11-15-72(95)91-35-32-89(33-36-91)31-29-59(48-106-62-13-9-7-10-14-62)85-65-26-25-63(41-69(65)108(99,100)79(81,82)83)109(101,102)88-76(97)56-22-27-66-67(39-56)104-47-60-45-90(34-37-92(60)66)44-57-43-78(5,6)30-28-64(57)54-20-23-58(80)24-21-54/h7,9-10,13-14,16-27,39,41-42,49-51,59-61,70,73,85,94H,8,11-12,15,28-38,40,43-48H2,1-6H3,(H,86,96)(H,88,97)/t51-,59+,60-,61+,70-,73-/m0/s1. The maximum Gasteiger partial charge on any atom is 0.501 e. The number of piperazine rings is 2. The van der Waals surface area contributed by atoms with Gasteiger partial charge in [0.15, 0.2) is 5.76 Å². The lowest BCUT2D eigenvalue weighted by Crippen LogP contribution is -2.57. The van der Waals surface area contributed by atoms with Crippen molar-refractivity contribution >= 4 is 95.1 Å². The van der Waals surface area contributed by atoms with E-state index in [-0.39, 0.29) is 77.6 Å². The fourth-order valence-electron chi connectivity index (χ4n) is 15.0. The highest BCUT2D eigenvalue weighted by Gasteiger charge is 2.49. The number of halogens is 4. The van der Waals surface area contributed by atoms with Gasteiger partial charge >= 0.3 is 5.51 Å². The van der Waals surface area contributed by atoms with Gasteiger partial charge in [0.05, 0.1) is 57.0 Å². The molecule has 4 amide bonds. The van der Waals surface area contributed by atoms with Crippen LogP contribution in [-0.4, -0.2) is 190 Å². The van der Waals surface area contributed by atoms with Gasteiger partial charge in [0.25, 0.3) is 31.6 Å². The molecule has 584 valence electrons. The maximum absolute atomic E-state index is 14.7. The number of likely N-dealkylation sites (tertiary alicyclic amines) is 1. The molecular weight excluding hydrogens is 1500 g/mol. The SMILES string of the molecule is Cc1ncsc1-c1ccc([C@H](C)C(=O)N[C@@H]2C[C@@H](O)CN2C(=O)[C@H](c2cc(OCCCCCC(=O)N3CCN(CC[C@H](CSc4ccccc4)Nc4ccc(S(=O)(=O)NC(=O)c5ccc6c(c5)OC[C@@H]5CN(CC7=C(c8ccc(Cl)cc8)CCC(C)(C)C7)CCN65)cc4S(=O)(=O)C(F)(F)F)CC3)no2)C(C)C)cc1. The molecule has 2 aromatic heterocycles. The molecule has 7 aromatic rings. The van der Waals surface area contributed by atoms with Crippen LogP contribution in [0.2, 0.25) is 5.02 Å². The van der Waals surface area contributed by atoms with Crippen molar-refractivity contribution < 1.29 is 68.3 Å². The Kier molecular flexibility index (Phi) is 25.6. The third kappa shape index (κ3) is 19.7. The first-order valence-electron chi connectivity index (χ1n) is 37.1. The van der Waals surface area contributed by atoms with E-state index in [4.69, 9.17) is 25.6 Å². The van der Waals surface area contributed by atoms with Crippen LogP contribution in [0.5, 0.6) is 11.6 Å². The minimum Gasteiger partial charge on any atom is -0.489 e. The van der Waals surface area contributed by atoms with Gasteiger partial charge in [0.2, 0.25) is 17.7 Å².